The van der Waals surface area contributed by atoms with Crippen molar-refractivity contribution < 1.29 is 9.53 Å². The van der Waals surface area contributed by atoms with Crippen LogP contribution in [0.1, 0.15) is 18.3 Å². The summed E-state index contributed by atoms with van der Waals surface area (Å²) in [4.78, 5) is 16.7. The maximum atomic E-state index is 12.1. The van der Waals surface area contributed by atoms with E-state index in [1.54, 1.807) is 6.07 Å². The van der Waals surface area contributed by atoms with Crippen LogP contribution >= 0.6 is 11.6 Å². The summed E-state index contributed by atoms with van der Waals surface area (Å²) >= 11 is 6.07. The van der Waals surface area contributed by atoms with E-state index in [0.717, 1.165) is 29.0 Å². The normalized spacial score (nSPS) is 10.8. The molecule has 1 heterocycles. The van der Waals surface area contributed by atoms with E-state index in [4.69, 9.17) is 16.3 Å². The SMILES string of the molecule is CCn1c(CNC(=O)COc2cc(C)ccc2Cl)nc2ccccc21. The van der Waals surface area contributed by atoms with Crippen LogP contribution in [0, 0.1) is 6.92 Å². The molecule has 6 heteroatoms. The number of carbonyl (C=O) groups is 1. The Bertz CT molecular complexity index is 905. The van der Waals surface area contributed by atoms with Gasteiger partial charge >= 0.3 is 0 Å². The second kappa shape index (κ2) is 7.57. The number of nitrogens with zero attached hydrogens (tertiary/aromatic N) is 2. The number of para-hydroxylation sites is 2. The summed E-state index contributed by atoms with van der Waals surface area (Å²) < 4.78 is 7.60. The van der Waals surface area contributed by atoms with Gasteiger partial charge in [-0.2, -0.15) is 0 Å². The Kier molecular flexibility index (Phi) is 5.24. The van der Waals surface area contributed by atoms with E-state index in [2.05, 4.69) is 21.8 Å². The number of hydrogen-bond acceptors (Lipinski definition) is 3. The van der Waals surface area contributed by atoms with Crippen molar-refractivity contribution in [3.63, 3.8) is 0 Å². The van der Waals surface area contributed by atoms with Crippen molar-refractivity contribution in [3.8, 4) is 5.75 Å². The lowest BCUT2D eigenvalue weighted by Crippen LogP contribution is -2.29. The van der Waals surface area contributed by atoms with Crippen molar-refractivity contribution in [3.05, 3.63) is 58.9 Å². The molecule has 0 saturated heterocycles. The second-order valence-electron chi connectivity index (χ2n) is 5.76. The average Bonchev–Trinajstić information content (AvgIpc) is 2.98. The van der Waals surface area contributed by atoms with Crippen LogP contribution in [0.15, 0.2) is 42.5 Å². The molecule has 25 heavy (non-hydrogen) atoms. The number of aryl methyl sites for hydroxylation is 2. The number of amides is 1. The zero-order valence-electron chi connectivity index (χ0n) is 14.3. The fraction of sp³-hybridized carbons (Fsp3) is 0.263. The van der Waals surface area contributed by atoms with Gasteiger partial charge in [-0.1, -0.05) is 29.8 Å². The van der Waals surface area contributed by atoms with Gasteiger partial charge in [0.25, 0.3) is 5.91 Å². The highest BCUT2D eigenvalue weighted by molar-refractivity contribution is 6.32. The van der Waals surface area contributed by atoms with Crippen LogP contribution in [0.3, 0.4) is 0 Å². The van der Waals surface area contributed by atoms with E-state index in [1.807, 2.05) is 43.3 Å². The third-order valence-corrected chi connectivity index (χ3v) is 4.25. The third-order valence-electron chi connectivity index (χ3n) is 3.94. The van der Waals surface area contributed by atoms with Crippen LogP contribution in [0.5, 0.6) is 5.75 Å². The monoisotopic (exact) mass is 357 g/mol. The van der Waals surface area contributed by atoms with Gasteiger partial charge in [-0.15, -0.1) is 0 Å². The van der Waals surface area contributed by atoms with Crippen LogP contribution < -0.4 is 10.1 Å². The van der Waals surface area contributed by atoms with Crippen molar-refractivity contribution in [1.82, 2.24) is 14.9 Å². The number of ether oxygens (including phenoxy) is 1. The van der Waals surface area contributed by atoms with Crippen molar-refractivity contribution in [2.24, 2.45) is 0 Å². The Labute approximate surface area is 151 Å². The highest BCUT2D eigenvalue weighted by Gasteiger charge is 2.11. The van der Waals surface area contributed by atoms with E-state index in [0.29, 0.717) is 17.3 Å². The second-order valence-corrected chi connectivity index (χ2v) is 6.17. The smallest absolute Gasteiger partial charge is 0.258 e. The molecule has 1 aromatic heterocycles. The lowest BCUT2D eigenvalue weighted by atomic mass is 10.2. The Balaban J connectivity index is 1.62. The van der Waals surface area contributed by atoms with Gasteiger partial charge in [0.15, 0.2) is 6.61 Å². The van der Waals surface area contributed by atoms with Crippen LogP contribution in [-0.4, -0.2) is 22.1 Å². The van der Waals surface area contributed by atoms with E-state index in [9.17, 15) is 4.79 Å². The number of rotatable bonds is 6. The van der Waals surface area contributed by atoms with Gasteiger partial charge in [0.1, 0.15) is 11.6 Å². The molecule has 1 amide bonds. The van der Waals surface area contributed by atoms with Crippen molar-refractivity contribution in [2.45, 2.75) is 26.9 Å². The van der Waals surface area contributed by atoms with Crippen molar-refractivity contribution in [2.75, 3.05) is 6.61 Å². The quantitative estimate of drug-likeness (QED) is 0.731. The molecule has 0 spiro atoms. The maximum Gasteiger partial charge on any atom is 0.258 e. The van der Waals surface area contributed by atoms with Crippen LogP contribution in [0.4, 0.5) is 0 Å². The molecule has 0 bridgehead atoms. The number of nitrogens with one attached hydrogen (secondary N) is 1. The summed E-state index contributed by atoms with van der Waals surface area (Å²) in [6, 6.07) is 13.4. The molecular weight excluding hydrogens is 338 g/mol. The van der Waals surface area contributed by atoms with Gasteiger partial charge in [0.05, 0.1) is 22.6 Å². The molecule has 130 valence electrons. The van der Waals surface area contributed by atoms with Crippen LogP contribution in [-0.2, 0) is 17.9 Å². The average molecular weight is 358 g/mol. The number of fused-ring (bicyclic) bond motifs is 1. The molecule has 0 aliphatic rings. The predicted octanol–water partition coefficient (Wildman–Crippen LogP) is 3.71. The highest BCUT2D eigenvalue weighted by Crippen LogP contribution is 2.25. The van der Waals surface area contributed by atoms with E-state index in [-0.39, 0.29) is 12.5 Å². The van der Waals surface area contributed by atoms with Crippen LogP contribution in [0.2, 0.25) is 5.02 Å². The highest BCUT2D eigenvalue weighted by atomic mass is 35.5. The van der Waals surface area contributed by atoms with Gasteiger partial charge in [-0.05, 0) is 43.7 Å². The molecule has 0 fully saturated rings. The number of hydrogen-bond donors (Lipinski definition) is 1. The fourth-order valence-corrected chi connectivity index (χ4v) is 2.88. The fourth-order valence-electron chi connectivity index (χ4n) is 2.71. The summed E-state index contributed by atoms with van der Waals surface area (Å²) in [6.45, 7) is 5.06. The van der Waals surface area contributed by atoms with E-state index < -0.39 is 0 Å². The summed E-state index contributed by atoms with van der Waals surface area (Å²) in [5, 5.41) is 3.34. The molecule has 3 aromatic rings. The van der Waals surface area contributed by atoms with Gasteiger partial charge in [-0.3, -0.25) is 4.79 Å². The van der Waals surface area contributed by atoms with Crippen molar-refractivity contribution in [1.29, 1.82) is 0 Å². The molecule has 2 aromatic carbocycles. The molecule has 0 aliphatic heterocycles. The summed E-state index contributed by atoms with van der Waals surface area (Å²) in [6.07, 6.45) is 0. The molecule has 5 nitrogen and oxygen atoms in total. The Hall–Kier alpha value is -2.53. The number of aromatic nitrogens is 2. The topological polar surface area (TPSA) is 56.2 Å². The maximum absolute atomic E-state index is 12.1. The number of carbonyl (C=O) groups excluding carboxylic acids is 1. The standard InChI is InChI=1S/C19H20ClN3O2/c1-3-23-16-7-5-4-6-15(16)22-18(23)11-21-19(24)12-25-17-10-13(2)8-9-14(17)20/h4-10H,3,11-12H2,1-2H3,(H,21,24). The number of imidazole rings is 1. The first kappa shape index (κ1) is 17.3. The molecule has 0 atom stereocenters. The van der Waals surface area contributed by atoms with Crippen LogP contribution in [0.25, 0.3) is 11.0 Å². The van der Waals surface area contributed by atoms with Gasteiger partial charge < -0.3 is 14.6 Å². The van der Waals surface area contributed by atoms with Gasteiger partial charge in [0, 0.05) is 6.54 Å². The Morgan fingerprint density at radius 1 is 1.28 bits per heavy atom. The third kappa shape index (κ3) is 3.94. The zero-order chi connectivity index (χ0) is 17.8. The molecule has 0 radical (unpaired) electrons. The molecule has 1 N–H and O–H groups in total. The van der Waals surface area contributed by atoms with Gasteiger partial charge in [0.2, 0.25) is 0 Å². The molecular formula is C19H20ClN3O2. The first-order valence-electron chi connectivity index (χ1n) is 8.18. The molecule has 0 unspecified atom stereocenters. The molecule has 0 aliphatic carbocycles. The van der Waals surface area contributed by atoms with E-state index in [1.165, 1.54) is 0 Å². The summed E-state index contributed by atoms with van der Waals surface area (Å²) in [5.41, 5.74) is 3.02. The minimum atomic E-state index is -0.215. The predicted molar refractivity (Wildman–Crippen MR) is 98.9 cm³/mol. The Morgan fingerprint density at radius 3 is 2.88 bits per heavy atom. The summed E-state index contributed by atoms with van der Waals surface area (Å²) in [5.74, 6) is 1.12. The largest absolute Gasteiger partial charge is 0.482 e. The minimum absolute atomic E-state index is 0.0878. The van der Waals surface area contributed by atoms with Crippen molar-refractivity contribution >= 4 is 28.5 Å². The zero-order valence-corrected chi connectivity index (χ0v) is 15.0. The number of halogens is 1. The van der Waals surface area contributed by atoms with Gasteiger partial charge in [-0.25, -0.2) is 4.98 Å². The lowest BCUT2D eigenvalue weighted by Gasteiger charge is -2.10. The first-order chi connectivity index (χ1) is 12.1. The summed E-state index contributed by atoms with van der Waals surface area (Å²) in [7, 11) is 0. The Morgan fingerprint density at radius 2 is 2.08 bits per heavy atom. The lowest BCUT2D eigenvalue weighted by molar-refractivity contribution is -0.123. The van der Waals surface area contributed by atoms with E-state index >= 15 is 0 Å². The molecule has 0 saturated carbocycles. The first-order valence-corrected chi connectivity index (χ1v) is 8.56. The number of benzene rings is 2. The molecule has 3 rings (SSSR count). The minimum Gasteiger partial charge on any atom is -0.482 e.